The highest BCUT2D eigenvalue weighted by Crippen LogP contribution is 2.21. The van der Waals surface area contributed by atoms with Gasteiger partial charge in [-0.3, -0.25) is 4.79 Å². The molecule has 4 heterocycles. The molecule has 3 aliphatic rings. The number of carbonyl (C=O) groups excluding carboxylic acids is 2. The van der Waals surface area contributed by atoms with Gasteiger partial charge in [-0.25, -0.2) is 4.79 Å². The number of nitrogens with zero attached hydrogens (tertiary/aromatic N) is 4. The van der Waals surface area contributed by atoms with Gasteiger partial charge in [0.1, 0.15) is 5.75 Å². The summed E-state index contributed by atoms with van der Waals surface area (Å²) < 4.78 is 48.9. The zero-order chi connectivity index (χ0) is 30.7. The van der Waals surface area contributed by atoms with E-state index in [4.69, 9.17) is 9.47 Å². The van der Waals surface area contributed by atoms with E-state index in [-0.39, 0.29) is 30.4 Å². The summed E-state index contributed by atoms with van der Waals surface area (Å²) in [5.41, 5.74) is 1.75. The molecule has 2 aromatic carbocycles. The van der Waals surface area contributed by atoms with E-state index in [0.29, 0.717) is 62.5 Å². The number of hydrogen-bond acceptors (Lipinski definition) is 9. The zero-order valence-electron chi connectivity index (χ0n) is 23.5. The minimum atomic E-state index is -4.57. The van der Waals surface area contributed by atoms with Crippen LogP contribution in [0.15, 0.2) is 48.5 Å². The van der Waals surface area contributed by atoms with Crippen LogP contribution in [0.5, 0.6) is 11.8 Å². The van der Waals surface area contributed by atoms with Crippen molar-refractivity contribution in [2.45, 2.75) is 32.0 Å². The normalized spacial score (nSPS) is 15.2. The van der Waals surface area contributed by atoms with Gasteiger partial charge in [0, 0.05) is 44.5 Å². The molecule has 6 bridgehead atoms. The first-order valence-electron chi connectivity index (χ1n) is 13.7. The summed E-state index contributed by atoms with van der Waals surface area (Å²) in [5.74, 6) is 0.333. The van der Waals surface area contributed by atoms with Gasteiger partial charge < -0.3 is 35.6 Å². The van der Waals surface area contributed by atoms with E-state index < -0.39 is 18.8 Å². The first-order valence-corrected chi connectivity index (χ1v) is 13.7. The molecule has 6 rings (SSSR count). The van der Waals surface area contributed by atoms with Gasteiger partial charge in [0.2, 0.25) is 11.9 Å². The van der Waals surface area contributed by atoms with Gasteiger partial charge in [-0.2, -0.15) is 28.1 Å². The number of fused-ring (bicyclic) bond motifs is 2. The van der Waals surface area contributed by atoms with E-state index in [2.05, 4.69) is 36.2 Å². The van der Waals surface area contributed by atoms with Crippen molar-refractivity contribution in [2.24, 2.45) is 0 Å². The van der Waals surface area contributed by atoms with Crippen molar-refractivity contribution in [3.05, 3.63) is 59.7 Å². The van der Waals surface area contributed by atoms with Crippen LogP contribution in [0.3, 0.4) is 0 Å². The lowest BCUT2D eigenvalue weighted by Gasteiger charge is -2.22. The third-order valence-electron chi connectivity index (χ3n) is 6.24. The van der Waals surface area contributed by atoms with Crippen molar-refractivity contribution in [1.82, 2.24) is 30.5 Å². The molecular formula is C28H33F3N8O4. The van der Waals surface area contributed by atoms with E-state index in [0.717, 1.165) is 5.56 Å². The third kappa shape index (κ3) is 10.2. The molecule has 0 fully saturated rings. The van der Waals surface area contributed by atoms with E-state index in [1.807, 2.05) is 12.1 Å². The van der Waals surface area contributed by atoms with Gasteiger partial charge in [-0.15, -0.1) is 0 Å². The van der Waals surface area contributed by atoms with Gasteiger partial charge in [-0.05, 0) is 61.2 Å². The Labute approximate surface area is 246 Å². The second-order valence-corrected chi connectivity index (χ2v) is 9.58. The SMILES string of the molecule is CNC(=O)N1CCCCNC(=O)c2ccc(cc2)Nc2nc(nc(OCC(F)(F)F)n2)NCc2ccc(cc2)OCCC1. The second kappa shape index (κ2) is 14.9. The Kier molecular flexibility index (Phi) is 10.8. The lowest BCUT2D eigenvalue weighted by molar-refractivity contribution is -0.154. The summed E-state index contributed by atoms with van der Waals surface area (Å²) in [5, 5.41) is 11.4. The first kappa shape index (κ1) is 31.1. The highest BCUT2D eigenvalue weighted by atomic mass is 19.4. The molecule has 43 heavy (non-hydrogen) atoms. The van der Waals surface area contributed by atoms with E-state index >= 15 is 0 Å². The van der Waals surface area contributed by atoms with Crippen LogP contribution in [0.2, 0.25) is 0 Å². The van der Waals surface area contributed by atoms with E-state index in [1.54, 1.807) is 48.3 Å². The number of ether oxygens (including phenoxy) is 2. The van der Waals surface area contributed by atoms with Crippen molar-refractivity contribution >= 4 is 29.5 Å². The summed E-state index contributed by atoms with van der Waals surface area (Å²) in [6.45, 7) is 0.579. The molecule has 3 aliphatic heterocycles. The predicted octanol–water partition coefficient (Wildman–Crippen LogP) is 4.10. The molecule has 1 aromatic heterocycles. The molecule has 0 spiro atoms. The quantitative estimate of drug-likeness (QED) is 0.341. The molecule has 4 N–H and O–H groups in total. The Morgan fingerprint density at radius 2 is 1.70 bits per heavy atom. The average Bonchev–Trinajstić information content (AvgIpc) is 2.99. The van der Waals surface area contributed by atoms with Crippen LogP contribution in [0.4, 0.5) is 35.5 Å². The number of amides is 3. The fraction of sp³-hybridized carbons (Fsp3) is 0.393. The molecule has 0 radical (unpaired) electrons. The third-order valence-corrected chi connectivity index (χ3v) is 6.24. The number of rotatable bonds is 2. The fourth-order valence-corrected chi connectivity index (χ4v) is 4.07. The zero-order valence-corrected chi connectivity index (χ0v) is 23.5. The molecule has 12 nitrogen and oxygen atoms in total. The van der Waals surface area contributed by atoms with Crippen LogP contribution in [0.1, 0.15) is 35.2 Å². The maximum Gasteiger partial charge on any atom is 0.422 e. The number of alkyl halides is 3. The number of anilines is 3. The van der Waals surface area contributed by atoms with Gasteiger partial charge >= 0.3 is 18.2 Å². The smallest absolute Gasteiger partial charge is 0.422 e. The Morgan fingerprint density at radius 3 is 2.42 bits per heavy atom. The van der Waals surface area contributed by atoms with Crippen LogP contribution in [-0.2, 0) is 6.54 Å². The standard InChI is InChI=1S/C28H33F3N8O4/c1-32-27(41)39-14-3-2-13-33-23(40)20-7-9-21(10-8-20)35-25-36-24(37-26(38-25)43-18-28(29,30)31)34-17-19-5-11-22(12-6-19)42-16-4-15-39/h5-12H,2-4,13-18H2,1H3,(H,32,41)(H,33,40)(H2,34,35,36,37,38). The summed E-state index contributed by atoms with van der Waals surface area (Å²) >= 11 is 0. The number of halogens is 3. The highest BCUT2D eigenvalue weighted by molar-refractivity contribution is 5.94. The Bertz CT molecular complexity index is 1360. The lowest BCUT2D eigenvalue weighted by atomic mass is 10.2. The van der Waals surface area contributed by atoms with Crippen LogP contribution in [0.25, 0.3) is 0 Å². The lowest BCUT2D eigenvalue weighted by Crippen LogP contribution is -2.40. The molecule has 15 heteroatoms. The van der Waals surface area contributed by atoms with Crippen molar-refractivity contribution in [2.75, 3.05) is 50.5 Å². The summed E-state index contributed by atoms with van der Waals surface area (Å²) in [6.07, 6.45) is -2.57. The number of urea groups is 1. The molecule has 230 valence electrons. The minimum absolute atomic E-state index is 0.00260. The number of hydrogen-bond donors (Lipinski definition) is 4. The van der Waals surface area contributed by atoms with Crippen molar-refractivity contribution in [3.63, 3.8) is 0 Å². The first-order chi connectivity index (χ1) is 20.7. The molecule has 0 atom stereocenters. The average molecular weight is 603 g/mol. The fourth-order valence-electron chi connectivity index (χ4n) is 4.07. The van der Waals surface area contributed by atoms with Crippen LogP contribution < -0.4 is 30.7 Å². The molecule has 0 unspecified atom stereocenters. The van der Waals surface area contributed by atoms with Gasteiger partial charge in [0.15, 0.2) is 6.61 Å². The largest absolute Gasteiger partial charge is 0.494 e. The summed E-state index contributed by atoms with van der Waals surface area (Å²) in [7, 11) is 1.59. The van der Waals surface area contributed by atoms with E-state index in [9.17, 15) is 22.8 Å². The van der Waals surface area contributed by atoms with Crippen molar-refractivity contribution in [1.29, 1.82) is 0 Å². The Balaban J connectivity index is 1.52. The highest BCUT2D eigenvalue weighted by Gasteiger charge is 2.29. The van der Waals surface area contributed by atoms with Crippen LogP contribution >= 0.6 is 0 Å². The number of carbonyl (C=O) groups is 2. The monoisotopic (exact) mass is 602 g/mol. The van der Waals surface area contributed by atoms with Crippen molar-refractivity contribution in [3.8, 4) is 11.8 Å². The summed E-state index contributed by atoms with van der Waals surface area (Å²) in [6, 6.07) is 13.0. The van der Waals surface area contributed by atoms with Crippen LogP contribution in [0, 0.1) is 0 Å². The second-order valence-electron chi connectivity index (χ2n) is 9.58. The predicted molar refractivity (Wildman–Crippen MR) is 153 cm³/mol. The molecular weight excluding hydrogens is 569 g/mol. The summed E-state index contributed by atoms with van der Waals surface area (Å²) in [4.78, 5) is 38.8. The van der Waals surface area contributed by atoms with Gasteiger partial charge in [0.25, 0.3) is 5.91 Å². The van der Waals surface area contributed by atoms with Gasteiger partial charge in [-0.1, -0.05) is 12.1 Å². The number of benzene rings is 2. The molecule has 0 aliphatic carbocycles. The van der Waals surface area contributed by atoms with E-state index in [1.165, 1.54) is 0 Å². The Morgan fingerprint density at radius 1 is 0.977 bits per heavy atom. The maximum atomic E-state index is 12.8. The van der Waals surface area contributed by atoms with Gasteiger partial charge in [0.05, 0.1) is 6.61 Å². The minimum Gasteiger partial charge on any atom is -0.494 e. The maximum absolute atomic E-state index is 12.8. The number of aromatic nitrogens is 3. The topological polar surface area (TPSA) is 143 Å². The molecule has 0 saturated carbocycles. The molecule has 3 aromatic rings. The molecule has 3 amide bonds. The Hall–Kier alpha value is -4.82. The number of nitrogens with one attached hydrogen (secondary N) is 4. The van der Waals surface area contributed by atoms with Crippen LogP contribution in [-0.4, -0.2) is 77.9 Å². The molecule has 0 saturated heterocycles. The van der Waals surface area contributed by atoms with Crippen molar-refractivity contribution < 1.29 is 32.2 Å².